The van der Waals surface area contributed by atoms with Crippen LogP contribution in [0.1, 0.15) is 0 Å². The number of pyridine rings is 1. The Kier molecular flexibility index (Phi) is 6.73. The fraction of sp³-hybridized carbons (Fsp3) is 0. The van der Waals surface area contributed by atoms with Crippen LogP contribution in [-0.4, -0.2) is 14.1 Å². The standard InChI is InChI=1S/C49H31N3S/c1-2-10-33(11-3-1)40-28-34(32-24-26-50-27-25-32)18-21-45(40)51-43-15-7-5-13-38(43)41-29-35(19-22-46(41)51)36-20-23-47-42(30-36)39-14-6-8-16-44(39)52(47)49-31-37-12-4-9-17-48(37)53-49/h1-31H. The molecule has 0 atom stereocenters. The van der Waals surface area contributed by atoms with E-state index >= 15 is 0 Å². The number of rotatable bonds is 5. The van der Waals surface area contributed by atoms with Crippen LogP contribution in [0.5, 0.6) is 0 Å². The molecule has 0 spiro atoms. The average molecular weight is 694 g/mol. The first-order chi connectivity index (χ1) is 26.3. The molecule has 0 bridgehead atoms. The number of nitrogens with zero attached hydrogens (tertiary/aromatic N) is 3. The van der Waals surface area contributed by atoms with Gasteiger partial charge in [0.1, 0.15) is 5.00 Å². The molecule has 3 nitrogen and oxygen atoms in total. The van der Waals surface area contributed by atoms with E-state index in [1.165, 1.54) is 86.5 Å². The zero-order chi connectivity index (χ0) is 34.9. The third-order valence-corrected chi connectivity index (χ3v) is 11.7. The number of hydrogen-bond acceptors (Lipinski definition) is 2. The molecule has 0 aliphatic heterocycles. The van der Waals surface area contributed by atoms with Crippen molar-refractivity contribution < 1.29 is 0 Å². The van der Waals surface area contributed by atoms with E-state index in [0.717, 1.165) is 11.3 Å². The van der Waals surface area contributed by atoms with E-state index < -0.39 is 0 Å². The van der Waals surface area contributed by atoms with Crippen LogP contribution in [0.4, 0.5) is 0 Å². The molecule has 4 heterocycles. The minimum absolute atomic E-state index is 1.15. The largest absolute Gasteiger partial charge is 0.309 e. The highest BCUT2D eigenvalue weighted by molar-refractivity contribution is 7.21. The van der Waals surface area contributed by atoms with Crippen LogP contribution < -0.4 is 0 Å². The SMILES string of the molecule is c1ccc(-c2cc(-c3ccncc3)ccc2-n2c3ccccc3c3cc(-c4ccc5c(c4)c4ccccc4n5-c4cc5ccccc5s4)ccc32)cc1. The zero-order valence-electron chi connectivity index (χ0n) is 28.6. The molecule has 248 valence electrons. The fourth-order valence-corrected chi connectivity index (χ4v) is 9.27. The minimum atomic E-state index is 1.15. The second kappa shape index (κ2) is 11.9. The van der Waals surface area contributed by atoms with Gasteiger partial charge in [-0.05, 0) is 106 Å². The second-order valence-corrected chi connectivity index (χ2v) is 14.7. The van der Waals surface area contributed by atoms with Crippen molar-refractivity contribution in [1.29, 1.82) is 0 Å². The van der Waals surface area contributed by atoms with Gasteiger partial charge in [-0.15, -0.1) is 11.3 Å². The van der Waals surface area contributed by atoms with Gasteiger partial charge in [0.2, 0.25) is 0 Å². The predicted molar refractivity (Wildman–Crippen MR) is 225 cm³/mol. The van der Waals surface area contributed by atoms with Crippen LogP contribution in [0, 0.1) is 0 Å². The third kappa shape index (κ3) is 4.77. The van der Waals surface area contributed by atoms with Crippen molar-refractivity contribution in [3.05, 3.63) is 188 Å². The number of para-hydroxylation sites is 2. The van der Waals surface area contributed by atoms with E-state index in [-0.39, 0.29) is 0 Å². The Morgan fingerprint density at radius 3 is 1.66 bits per heavy atom. The Labute approximate surface area is 310 Å². The molecular formula is C49H31N3S. The molecule has 0 amide bonds. The molecule has 0 unspecified atom stereocenters. The molecule has 0 fully saturated rings. The highest BCUT2D eigenvalue weighted by atomic mass is 32.1. The van der Waals surface area contributed by atoms with Gasteiger partial charge in [-0.3, -0.25) is 4.98 Å². The van der Waals surface area contributed by atoms with Gasteiger partial charge in [0.05, 0.1) is 27.8 Å². The molecule has 0 saturated carbocycles. The summed E-state index contributed by atoms with van der Waals surface area (Å²) >= 11 is 1.85. The Morgan fingerprint density at radius 2 is 0.943 bits per heavy atom. The summed E-state index contributed by atoms with van der Waals surface area (Å²) in [5, 5.41) is 7.53. The lowest BCUT2D eigenvalue weighted by atomic mass is 9.97. The summed E-state index contributed by atoms with van der Waals surface area (Å²) < 4.78 is 6.17. The summed E-state index contributed by atoms with van der Waals surface area (Å²) in [6.45, 7) is 0. The minimum Gasteiger partial charge on any atom is -0.309 e. The van der Waals surface area contributed by atoms with Gasteiger partial charge in [-0.25, -0.2) is 0 Å². The van der Waals surface area contributed by atoms with Crippen LogP contribution in [0.3, 0.4) is 0 Å². The Bertz CT molecular complexity index is 3130. The normalized spacial score (nSPS) is 11.8. The molecule has 53 heavy (non-hydrogen) atoms. The van der Waals surface area contributed by atoms with E-state index in [1.54, 1.807) is 0 Å². The smallest absolute Gasteiger partial charge is 0.101 e. The van der Waals surface area contributed by atoms with E-state index in [1.807, 2.05) is 23.7 Å². The molecule has 0 saturated heterocycles. The Hall–Kier alpha value is -6.75. The average Bonchev–Trinajstić information content (AvgIpc) is 3.91. The van der Waals surface area contributed by atoms with Crippen molar-refractivity contribution >= 4 is 65.0 Å². The van der Waals surface area contributed by atoms with E-state index in [9.17, 15) is 0 Å². The molecule has 0 aliphatic carbocycles. The van der Waals surface area contributed by atoms with Crippen LogP contribution in [0.25, 0.3) is 97.8 Å². The van der Waals surface area contributed by atoms with E-state index in [0.29, 0.717) is 0 Å². The maximum Gasteiger partial charge on any atom is 0.101 e. The highest BCUT2D eigenvalue weighted by Crippen LogP contribution is 2.41. The molecule has 4 aromatic heterocycles. The summed E-state index contributed by atoms with van der Waals surface area (Å²) in [5.74, 6) is 0. The van der Waals surface area contributed by atoms with Gasteiger partial charge in [-0.1, -0.05) is 103 Å². The van der Waals surface area contributed by atoms with Crippen molar-refractivity contribution in [1.82, 2.24) is 14.1 Å². The van der Waals surface area contributed by atoms with Crippen LogP contribution in [0.15, 0.2) is 188 Å². The summed E-state index contributed by atoms with van der Waals surface area (Å²) in [5.41, 5.74) is 13.1. The van der Waals surface area contributed by atoms with Crippen LogP contribution in [-0.2, 0) is 0 Å². The second-order valence-electron chi connectivity index (χ2n) is 13.6. The summed E-state index contributed by atoms with van der Waals surface area (Å²) in [7, 11) is 0. The molecule has 0 aliphatic rings. The predicted octanol–water partition coefficient (Wildman–Crippen LogP) is 13.5. The molecule has 0 N–H and O–H groups in total. The maximum absolute atomic E-state index is 4.25. The van der Waals surface area contributed by atoms with E-state index in [2.05, 4.69) is 190 Å². The fourth-order valence-electron chi connectivity index (χ4n) is 8.18. The van der Waals surface area contributed by atoms with Crippen LogP contribution in [0.2, 0.25) is 0 Å². The van der Waals surface area contributed by atoms with Crippen molar-refractivity contribution in [3.63, 3.8) is 0 Å². The zero-order valence-corrected chi connectivity index (χ0v) is 29.5. The molecular weight excluding hydrogens is 663 g/mol. The number of benzene rings is 7. The summed E-state index contributed by atoms with van der Waals surface area (Å²) in [4.78, 5) is 4.25. The highest BCUT2D eigenvalue weighted by Gasteiger charge is 2.19. The van der Waals surface area contributed by atoms with Gasteiger partial charge in [-0.2, -0.15) is 0 Å². The summed E-state index contributed by atoms with van der Waals surface area (Å²) in [6.07, 6.45) is 3.72. The topological polar surface area (TPSA) is 22.8 Å². The molecule has 11 aromatic rings. The first-order valence-electron chi connectivity index (χ1n) is 17.9. The van der Waals surface area contributed by atoms with Crippen molar-refractivity contribution in [2.24, 2.45) is 0 Å². The first-order valence-corrected chi connectivity index (χ1v) is 18.8. The van der Waals surface area contributed by atoms with Crippen LogP contribution >= 0.6 is 11.3 Å². The number of thiophene rings is 1. The quantitative estimate of drug-likeness (QED) is 0.176. The lowest BCUT2D eigenvalue weighted by Gasteiger charge is -2.16. The number of aromatic nitrogens is 3. The lowest BCUT2D eigenvalue weighted by Crippen LogP contribution is -1.98. The first kappa shape index (κ1) is 29.9. The number of fused-ring (bicyclic) bond motifs is 7. The van der Waals surface area contributed by atoms with Gasteiger partial charge in [0.25, 0.3) is 0 Å². The molecule has 4 heteroatoms. The summed E-state index contributed by atoms with van der Waals surface area (Å²) in [6, 6.07) is 64.2. The number of hydrogen-bond donors (Lipinski definition) is 0. The molecule has 7 aromatic carbocycles. The Balaban J connectivity index is 1.10. The van der Waals surface area contributed by atoms with Gasteiger partial charge in [0, 0.05) is 44.2 Å². The van der Waals surface area contributed by atoms with Gasteiger partial charge < -0.3 is 9.13 Å². The van der Waals surface area contributed by atoms with Gasteiger partial charge >= 0.3 is 0 Å². The monoisotopic (exact) mass is 693 g/mol. The maximum atomic E-state index is 4.25. The van der Waals surface area contributed by atoms with E-state index in [4.69, 9.17) is 0 Å². The lowest BCUT2D eigenvalue weighted by molar-refractivity contribution is 1.18. The van der Waals surface area contributed by atoms with Crippen molar-refractivity contribution in [2.75, 3.05) is 0 Å². The molecule has 11 rings (SSSR count). The van der Waals surface area contributed by atoms with Crippen molar-refractivity contribution in [2.45, 2.75) is 0 Å². The molecule has 0 radical (unpaired) electrons. The van der Waals surface area contributed by atoms with Crippen molar-refractivity contribution in [3.8, 4) is 44.1 Å². The third-order valence-electron chi connectivity index (χ3n) is 10.6. The Morgan fingerprint density at radius 1 is 0.377 bits per heavy atom. The van der Waals surface area contributed by atoms with Gasteiger partial charge in [0.15, 0.2) is 0 Å².